The highest BCUT2D eigenvalue weighted by Crippen LogP contribution is 2.45. The Morgan fingerprint density at radius 1 is 1.21 bits per heavy atom. The van der Waals surface area contributed by atoms with Crippen LogP contribution in [0, 0.1) is 0 Å². The van der Waals surface area contributed by atoms with Crippen molar-refractivity contribution in [1.29, 1.82) is 0 Å². The number of ether oxygens (including phenoxy) is 1. The average molecular weight is 428 g/mol. The van der Waals surface area contributed by atoms with E-state index in [1.165, 1.54) is 17.1 Å². The summed E-state index contributed by atoms with van der Waals surface area (Å²) >= 11 is 3.90. The predicted octanol–water partition coefficient (Wildman–Crippen LogP) is 4.80. The molecule has 1 amide bonds. The Morgan fingerprint density at radius 2 is 2.00 bits per heavy atom. The molecule has 29 heavy (non-hydrogen) atoms. The van der Waals surface area contributed by atoms with E-state index in [1.54, 1.807) is 7.11 Å². The first-order valence-corrected chi connectivity index (χ1v) is 11.4. The second-order valence-corrected chi connectivity index (χ2v) is 9.21. The molecule has 1 aromatic heterocycles. The molecule has 1 fully saturated rings. The first-order valence-electron chi connectivity index (χ1n) is 9.31. The van der Waals surface area contributed by atoms with Crippen molar-refractivity contribution in [2.24, 2.45) is 0 Å². The van der Waals surface area contributed by atoms with Crippen LogP contribution in [-0.2, 0) is 11.2 Å². The molecule has 4 rings (SSSR count). The number of amides is 1. The maximum Gasteiger partial charge on any atom is 0.227 e. The van der Waals surface area contributed by atoms with Gasteiger partial charge in [0.25, 0.3) is 0 Å². The van der Waals surface area contributed by atoms with E-state index >= 15 is 0 Å². The van der Waals surface area contributed by atoms with Crippen LogP contribution in [0.15, 0.2) is 53.1 Å². The van der Waals surface area contributed by atoms with Gasteiger partial charge >= 0.3 is 0 Å². The van der Waals surface area contributed by atoms with Crippen molar-refractivity contribution in [3.05, 3.63) is 60.0 Å². The van der Waals surface area contributed by atoms with E-state index in [0.717, 1.165) is 17.0 Å². The van der Waals surface area contributed by atoms with Gasteiger partial charge in [0.15, 0.2) is 0 Å². The minimum Gasteiger partial charge on any atom is -0.497 e. The predicted molar refractivity (Wildman–Crippen MR) is 117 cm³/mol. The lowest BCUT2D eigenvalue weighted by atomic mass is 10.2. The summed E-state index contributed by atoms with van der Waals surface area (Å²) in [6.07, 6.45) is 0.671. The Kier molecular flexibility index (Phi) is 6.41. The fourth-order valence-electron chi connectivity index (χ4n) is 2.97. The van der Waals surface area contributed by atoms with E-state index in [9.17, 15) is 4.79 Å². The number of thioether (sulfide) groups is 2. The van der Waals surface area contributed by atoms with Crippen molar-refractivity contribution in [3.8, 4) is 17.1 Å². The van der Waals surface area contributed by atoms with E-state index < -0.39 is 0 Å². The molecule has 2 aromatic carbocycles. The Bertz CT molecular complexity index is 969. The minimum absolute atomic E-state index is 0.0712. The molecule has 6 nitrogen and oxygen atoms in total. The van der Waals surface area contributed by atoms with Crippen LogP contribution >= 0.6 is 23.5 Å². The molecule has 0 bridgehead atoms. The van der Waals surface area contributed by atoms with Gasteiger partial charge in [0.2, 0.25) is 17.6 Å². The maximum absolute atomic E-state index is 12.3. The molecule has 0 spiro atoms. The number of hydrogen-bond acceptors (Lipinski definition) is 7. The molecule has 0 atom stereocenters. The van der Waals surface area contributed by atoms with Gasteiger partial charge in [0.1, 0.15) is 5.75 Å². The molecular weight excluding hydrogens is 406 g/mol. The van der Waals surface area contributed by atoms with Crippen LogP contribution in [-0.4, -0.2) is 34.7 Å². The summed E-state index contributed by atoms with van der Waals surface area (Å²) in [4.78, 5) is 16.7. The van der Waals surface area contributed by atoms with Gasteiger partial charge in [-0.05, 0) is 42.0 Å². The Morgan fingerprint density at radius 3 is 2.76 bits per heavy atom. The van der Waals surface area contributed by atoms with Crippen molar-refractivity contribution in [1.82, 2.24) is 10.1 Å². The Hall–Kier alpha value is -2.45. The SMILES string of the molecule is COc1ccc(-c2noc(CCC(=O)Nc3cccc(C4SCCS4)c3)n2)cc1. The zero-order valence-electron chi connectivity index (χ0n) is 16.0. The first-order chi connectivity index (χ1) is 14.2. The second kappa shape index (κ2) is 9.37. The molecule has 150 valence electrons. The number of aromatic nitrogens is 2. The highest BCUT2D eigenvalue weighted by atomic mass is 32.2. The highest BCUT2D eigenvalue weighted by molar-refractivity contribution is 8.19. The lowest BCUT2D eigenvalue weighted by Gasteiger charge is -2.11. The Balaban J connectivity index is 1.32. The molecule has 0 radical (unpaired) electrons. The normalized spacial score (nSPS) is 14.1. The molecule has 0 aliphatic carbocycles. The smallest absolute Gasteiger partial charge is 0.227 e. The average Bonchev–Trinajstić information content (AvgIpc) is 3.45. The number of nitrogens with zero attached hydrogens (tertiary/aromatic N) is 2. The number of carbonyl (C=O) groups excluding carboxylic acids is 1. The third-order valence-corrected chi connectivity index (χ3v) is 7.55. The number of aryl methyl sites for hydroxylation is 1. The van der Waals surface area contributed by atoms with Crippen LogP contribution < -0.4 is 10.1 Å². The van der Waals surface area contributed by atoms with Crippen LogP contribution in [0.5, 0.6) is 5.75 Å². The number of anilines is 1. The molecular formula is C21H21N3O3S2. The third kappa shape index (κ3) is 5.13. The molecule has 2 heterocycles. The summed E-state index contributed by atoms with van der Waals surface area (Å²) in [7, 11) is 1.62. The van der Waals surface area contributed by atoms with Crippen molar-refractivity contribution < 1.29 is 14.1 Å². The van der Waals surface area contributed by atoms with Crippen molar-refractivity contribution in [3.63, 3.8) is 0 Å². The number of benzene rings is 2. The van der Waals surface area contributed by atoms with Gasteiger partial charge in [-0.2, -0.15) is 4.98 Å². The monoisotopic (exact) mass is 427 g/mol. The molecule has 1 N–H and O–H groups in total. The van der Waals surface area contributed by atoms with E-state index in [2.05, 4.69) is 27.6 Å². The van der Waals surface area contributed by atoms with Gasteiger partial charge < -0.3 is 14.6 Å². The summed E-state index contributed by atoms with van der Waals surface area (Å²) in [5.74, 6) is 3.99. The third-order valence-electron chi connectivity index (χ3n) is 4.45. The van der Waals surface area contributed by atoms with E-state index in [1.807, 2.05) is 59.9 Å². The molecule has 0 saturated carbocycles. The van der Waals surface area contributed by atoms with Crippen LogP contribution in [0.25, 0.3) is 11.4 Å². The highest BCUT2D eigenvalue weighted by Gasteiger charge is 2.18. The van der Waals surface area contributed by atoms with Crippen molar-refractivity contribution in [2.75, 3.05) is 23.9 Å². The van der Waals surface area contributed by atoms with Crippen LogP contribution in [0.3, 0.4) is 0 Å². The topological polar surface area (TPSA) is 77.2 Å². The summed E-state index contributed by atoms with van der Waals surface area (Å²) in [6, 6.07) is 15.5. The molecule has 1 aliphatic rings. The summed E-state index contributed by atoms with van der Waals surface area (Å²) in [6.45, 7) is 0. The molecule has 0 unspecified atom stereocenters. The van der Waals surface area contributed by atoms with Crippen molar-refractivity contribution >= 4 is 35.1 Å². The van der Waals surface area contributed by atoms with E-state index in [-0.39, 0.29) is 12.3 Å². The van der Waals surface area contributed by atoms with E-state index in [4.69, 9.17) is 9.26 Å². The molecule has 1 saturated heterocycles. The zero-order valence-corrected chi connectivity index (χ0v) is 17.6. The van der Waals surface area contributed by atoms with Gasteiger partial charge in [0.05, 0.1) is 11.7 Å². The second-order valence-electron chi connectivity index (χ2n) is 6.49. The van der Waals surface area contributed by atoms with Gasteiger partial charge in [0, 0.05) is 35.6 Å². The molecule has 1 aliphatic heterocycles. The zero-order chi connectivity index (χ0) is 20.1. The largest absolute Gasteiger partial charge is 0.497 e. The number of nitrogens with one attached hydrogen (secondary N) is 1. The number of methoxy groups -OCH3 is 1. The fourth-order valence-corrected chi connectivity index (χ4v) is 5.81. The molecule has 8 heteroatoms. The standard InChI is InChI=1S/C21H21N3O3S2/c1-26-17-7-5-14(6-8-17)20-23-19(27-24-20)10-9-18(25)22-16-4-2-3-15(13-16)21-28-11-12-29-21/h2-8,13,21H,9-12H2,1H3,(H,22,25). The van der Waals surface area contributed by atoms with Gasteiger partial charge in [-0.15, -0.1) is 23.5 Å². The summed E-state index contributed by atoms with van der Waals surface area (Å²) < 4.78 is 10.9. The van der Waals surface area contributed by atoms with Gasteiger partial charge in [-0.1, -0.05) is 17.3 Å². The lowest BCUT2D eigenvalue weighted by Crippen LogP contribution is -2.12. The fraction of sp³-hybridized carbons (Fsp3) is 0.286. The van der Waals surface area contributed by atoms with E-state index in [0.29, 0.717) is 22.7 Å². The van der Waals surface area contributed by atoms with Crippen LogP contribution in [0.2, 0.25) is 0 Å². The van der Waals surface area contributed by atoms with Crippen LogP contribution in [0.4, 0.5) is 5.69 Å². The maximum atomic E-state index is 12.3. The van der Waals surface area contributed by atoms with Crippen LogP contribution in [0.1, 0.15) is 22.5 Å². The number of hydrogen-bond donors (Lipinski definition) is 1. The number of rotatable bonds is 7. The van der Waals surface area contributed by atoms with Gasteiger partial charge in [-0.25, -0.2) is 0 Å². The number of carbonyl (C=O) groups is 1. The van der Waals surface area contributed by atoms with Crippen molar-refractivity contribution in [2.45, 2.75) is 17.4 Å². The summed E-state index contributed by atoms with van der Waals surface area (Å²) in [5.41, 5.74) is 2.91. The quantitative estimate of drug-likeness (QED) is 0.580. The van der Waals surface area contributed by atoms with Gasteiger partial charge in [-0.3, -0.25) is 4.79 Å². The minimum atomic E-state index is -0.0712. The first kappa shape index (κ1) is 19.8. The Labute approximate surface area is 177 Å². The molecule has 3 aromatic rings. The summed E-state index contributed by atoms with van der Waals surface area (Å²) in [5, 5.41) is 6.96. The lowest BCUT2D eigenvalue weighted by molar-refractivity contribution is -0.116.